The molecule has 0 bridgehead atoms. The molecular weight excluding hydrogens is 384 g/mol. The number of rotatable bonds is 4. The monoisotopic (exact) mass is 400 g/mol. The normalized spacial score (nSPS) is 10.6. The van der Waals surface area contributed by atoms with Crippen LogP contribution in [0, 0.1) is 18.3 Å². The molecule has 148 valence electrons. The van der Waals surface area contributed by atoms with Gasteiger partial charge in [0.05, 0.1) is 12.7 Å². The number of anilines is 1. The molecule has 0 unspecified atom stereocenters. The lowest BCUT2D eigenvalue weighted by Gasteiger charge is -2.09. The van der Waals surface area contributed by atoms with Crippen LogP contribution < -0.4 is 15.6 Å². The molecule has 4 rings (SSSR count). The van der Waals surface area contributed by atoms with Gasteiger partial charge >= 0.3 is 0 Å². The Morgan fingerprint density at radius 3 is 2.67 bits per heavy atom. The lowest BCUT2D eigenvalue weighted by Crippen LogP contribution is -2.29. The van der Waals surface area contributed by atoms with Crippen molar-refractivity contribution in [1.82, 2.24) is 19.6 Å². The lowest BCUT2D eigenvalue weighted by atomic mass is 10.1. The summed E-state index contributed by atoms with van der Waals surface area (Å²) in [4.78, 5) is 33.1. The molecule has 0 aliphatic rings. The van der Waals surface area contributed by atoms with Crippen molar-refractivity contribution in [3.05, 3.63) is 75.8 Å². The largest absolute Gasteiger partial charge is 0.481 e. The van der Waals surface area contributed by atoms with Gasteiger partial charge in [-0.2, -0.15) is 19.9 Å². The van der Waals surface area contributed by atoms with E-state index in [1.165, 1.54) is 7.11 Å². The smallest absolute Gasteiger partial charge is 0.287 e. The van der Waals surface area contributed by atoms with Crippen LogP contribution in [0.1, 0.15) is 21.7 Å². The van der Waals surface area contributed by atoms with E-state index in [9.17, 15) is 14.9 Å². The fraction of sp³-hybridized carbons (Fsp3) is 0.0952. The summed E-state index contributed by atoms with van der Waals surface area (Å²) in [6.07, 6.45) is 0. The maximum atomic E-state index is 13.1. The molecule has 2 N–H and O–H groups in total. The number of H-pyrrole nitrogens is 1. The van der Waals surface area contributed by atoms with Crippen LogP contribution in [-0.4, -0.2) is 32.6 Å². The third-order valence-electron chi connectivity index (χ3n) is 4.54. The van der Waals surface area contributed by atoms with Gasteiger partial charge in [-0.1, -0.05) is 36.4 Å². The summed E-state index contributed by atoms with van der Waals surface area (Å²) >= 11 is 0. The predicted octanol–water partition coefficient (Wildman–Crippen LogP) is 2.53. The number of nitrogens with one attached hydrogen (secondary N) is 2. The van der Waals surface area contributed by atoms with Crippen LogP contribution in [0.5, 0.6) is 5.88 Å². The molecule has 0 aliphatic carbocycles. The van der Waals surface area contributed by atoms with Crippen molar-refractivity contribution < 1.29 is 9.53 Å². The molecule has 9 nitrogen and oxygen atoms in total. The first-order chi connectivity index (χ1) is 14.5. The maximum Gasteiger partial charge on any atom is 0.287 e. The number of ether oxygens (including phenoxy) is 1. The van der Waals surface area contributed by atoms with Crippen molar-refractivity contribution in [2.45, 2.75) is 6.92 Å². The van der Waals surface area contributed by atoms with Gasteiger partial charge in [0.1, 0.15) is 23.1 Å². The van der Waals surface area contributed by atoms with Crippen molar-refractivity contribution in [2.24, 2.45) is 0 Å². The number of aromatic amines is 1. The summed E-state index contributed by atoms with van der Waals surface area (Å²) in [5, 5.41) is 16.2. The van der Waals surface area contributed by atoms with Crippen LogP contribution in [-0.2, 0) is 0 Å². The van der Waals surface area contributed by atoms with E-state index in [2.05, 4.69) is 20.4 Å². The van der Waals surface area contributed by atoms with E-state index in [-0.39, 0.29) is 17.1 Å². The number of fused-ring (bicyclic) bond motifs is 1. The Kier molecular flexibility index (Phi) is 4.74. The van der Waals surface area contributed by atoms with Crippen LogP contribution in [0.4, 0.5) is 5.82 Å². The van der Waals surface area contributed by atoms with Gasteiger partial charge in [-0.05, 0) is 18.6 Å². The lowest BCUT2D eigenvalue weighted by molar-refractivity contribution is 0.102. The summed E-state index contributed by atoms with van der Waals surface area (Å²) in [6.45, 7) is 1.61. The second-order valence-corrected chi connectivity index (χ2v) is 6.41. The second-order valence-electron chi connectivity index (χ2n) is 6.41. The highest BCUT2D eigenvalue weighted by Crippen LogP contribution is 2.26. The third kappa shape index (κ3) is 3.16. The number of aryl methyl sites for hydroxylation is 1. The molecule has 4 aromatic rings. The average molecular weight is 400 g/mol. The molecule has 0 saturated heterocycles. The number of methoxy groups -OCH3 is 1. The molecule has 30 heavy (non-hydrogen) atoms. The van der Waals surface area contributed by atoms with E-state index in [1.54, 1.807) is 25.1 Å². The van der Waals surface area contributed by atoms with Crippen LogP contribution in [0.15, 0.2) is 53.3 Å². The molecule has 1 aromatic carbocycles. The topological polar surface area (TPSA) is 125 Å². The number of amides is 1. The van der Waals surface area contributed by atoms with Gasteiger partial charge in [-0.15, -0.1) is 0 Å². The fourth-order valence-corrected chi connectivity index (χ4v) is 3.19. The zero-order valence-corrected chi connectivity index (χ0v) is 16.1. The molecule has 3 heterocycles. The van der Waals surface area contributed by atoms with Crippen LogP contribution in [0.25, 0.3) is 16.8 Å². The van der Waals surface area contributed by atoms with E-state index >= 15 is 0 Å². The Hall–Kier alpha value is -4.45. The molecule has 0 atom stereocenters. The number of carbonyl (C=O) groups excluding carboxylic acids is 1. The molecule has 0 radical (unpaired) electrons. The summed E-state index contributed by atoms with van der Waals surface area (Å²) in [5.41, 5.74) is 1.24. The Morgan fingerprint density at radius 1 is 1.20 bits per heavy atom. The van der Waals surface area contributed by atoms with Gasteiger partial charge < -0.3 is 15.0 Å². The summed E-state index contributed by atoms with van der Waals surface area (Å²) in [7, 11) is 1.46. The van der Waals surface area contributed by atoms with Gasteiger partial charge in [0.15, 0.2) is 5.69 Å². The van der Waals surface area contributed by atoms with Crippen molar-refractivity contribution in [3.63, 3.8) is 0 Å². The molecule has 3 aromatic heterocycles. The number of nitriles is 1. The summed E-state index contributed by atoms with van der Waals surface area (Å²) in [6, 6.07) is 16.0. The quantitative estimate of drug-likeness (QED) is 0.542. The van der Waals surface area contributed by atoms with E-state index in [0.29, 0.717) is 22.8 Å². The molecule has 0 fully saturated rings. The van der Waals surface area contributed by atoms with Gasteiger partial charge in [0.25, 0.3) is 11.5 Å². The second kappa shape index (κ2) is 7.52. The SMILES string of the molecule is COc1cccc(NC(=O)c2c(C)[nH]c3c(-c4ccccc4)c(C#N)nn3c2=O)n1. The Balaban J connectivity index is 1.84. The van der Waals surface area contributed by atoms with E-state index < -0.39 is 11.5 Å². The first kappa shape index (κ1) is 18.9. The van der Waals surface area contributed by atoms with Crippen molar-refractivity contribution in [3.8, 4) is 23.1 Å². The van der Waals surface area contributed by atoms with Crippen molar-refractivity contribution in [1.29, 1.82) is 5.26 Å². The van der Waals surface area contributed by atoms with E-state index in [1.807, 2.05) is 36.4 Å². The minimum atomic E-state index is -0.647. The highest BCUT2D eigenvalue weighted by molar-refractivity contribution is 6.04. The zero-order chi connectivity index (χ0) is 21.3. The number of hydrogen-bond donors (Lipinski definition) is 2. The first-order valence-electron chi connectivity index (χ1n) is 8.97. The zero-order valence-electron chi connectivity index (χ0n) is 16.1. The first-order valence-corrected chi connectivity index (χ1v) is 8.97. The minimum Gasteiger partial charge on any atom is -0.481 e. The highest BCUT2D eigenvalue weighted by Gasteiger charge is 2.23. The number of benzene rings is 1. The Bertz CT molecular complexity index is 1370. The van der Waals surface area contributed by atoms with Gasteiger partial charge in [0.2, 0.25) is 5.88 Å². The summed E-state index contributed by atoms with van der Waals surface area (Å²) < 4.78 is 6.09. The number of carbonyl (C=O) groups is 1. The van der Waals surface area contributed by atoms with Crippen molar-refractivity contribution in [2.75, 3.05) is 12.4 Å². The van der Waals surface area contributed by atoms with Gasteiger partial charge in [-0.25, -0.2) is 0 Å². The molecule has 9 heteroatoms. The number of aromatic nitrogens is 4. The highest BCUT2D eigenvalue weighted by atomic mass is 16.5. The maximum absolute atomic E-state index is 13.1. The number of hydrogen-bond acceptors (Lipinski definition) is 6. The molecular formula is C21H16N6O3. The van der Waals surface area contributed by atoms with Crippen LogP contribution in [0.3, 0.4) is 0 Å². The molecule has 0 spiro atoms. The van der Waals surface area contributed by atoms with Crippen LogP contribution in [0.2, 0.25) is 0 Å². The van der Waals surface area contributed by atoms with Crippen LogP contribution >= 0.6 is 0 Å². The van der Waals surface area contributed by atoms with Gasteiger partial charge in [-0.3, -0.25) is 9.59 Å². The molecule has 0 aliphatic heterocycles. The minimum absolute atomic E-state index is 0.0842. The van der Waals surface area contributed by atoms with Gasteiger partial charge in [0, 0.05) is 11.8 Å². The van der Waals surface area contributed by atoms with E-state index in [4.69, 9.17) is 4.74 Å². The average Bonchev–Trinajstić information content (AvgIpc) is 3.13. The number of nitrogens with zero attached hydrogens (tertiary/aromatic N) is 4. The standard InChI is InChI=1S/C21H16N6O3/c1-12-17(20(28)25-15-9-6-10-16(24-15)30-2)21(29)27-19(23-12)18(14(11-22)26-27)13-7-4-3-5-8-13/h3-10,23H,1-2H3,(H,24,25,28). The molecule has 0 saturated carbocycles. The summed E-state index contributed by atoms with van der Waals surface area (Å²) in [5.74, 6) is -0.0832. The van der Waals surface area contributed by atoms with E-state index in [0.717, 1.165) is 10.1 Å². The predicted molar refractivity (Wildman–Crippen MR) is 109 cm³/mol. The Morgan fingerprint density at radius 2 is 1.97 bits per heavy atom. The van der Waals surface area contributed by atoms with Crippen molar-refractivity contribution >= 4 is 17.4 Å². The number of pyridine rings is 1. The third-order valence-corrected chi connectivity index (χ3v) is 4.54. The Labute approximate surface area is 170 Å². The molecule has 1 amide bonds. The fourth-order valence-electron chi connectivity index (χ4n) is 3.19.